The molecule has 3 nitrogen and oxygen atoms in total. The first-order valence-corrected chi connectivity index (χ1v) is 5.80. The first-order valence-electron chi connectivity index (χ1n) is 5.80. The van der Waals surface area contributed by atoms with Crippen LogP contribution in [0.5, 0.6) is 0 Å². The second-order valence-electron chi connectivity index (χ2n) is 4.39. The number of carboxylic acid groups (broad SMARTS) is 1. The Labute approximate surface area is 101 Å². The number of carbonyl (C=O) groups is 1. The van der Waals surface area contributed by atoms with Crippen molar-refractivity contribution in [2.75, 3.05) is 0 Å². The monoisotopic (exact) mass is 232 g/mol. The normalized spacial score (nSPS) is 23.3. The van der Waals surface area contributed by atoms with Crippen LogP contribution in [0.25, 0.3) is 0 Å². The fourth-order valence-corrected chi connectivity index (χ4v) is 1.91. The van der Waals surface area contributed by atoms with E-state index >= 15 is 0 Å². The molecule has 0 heterocycles. The van der Waals surface area contributed by atoms with Crippen molar-refractivity contribution in [3.63, 3.8) is 0 Å². The molecule has 0 bridgehead atoms. The minimum absolute atomic E-state index is 0.154. The molecule has 0 radical (unpaired) electrons. The highest BCUT2D eigenvalue weighted by Crippen LogP contribution is 2.34. The zero-order valence-electron chi connectivity index (χ0n) is 9.58. The summed E-state index contributed by atoms with van der Waals surface area (Å²) in [5.41, 5.74) is 1.13. The van der Waals surface area contributed by atoms with Gasteiger partial charge in [0.25, 0.3) is 0 Å². The third kappa shape index (κ3) is 3.34. The average molecular weight is 232 g/mol. The molecule has 1 aromatic carbocycles. The molecule has 1 aromatic rings. The number of rotatable bonds is 5. The van der Waals surface area contributed by atoms with Crippen LogP contribution in [0.15, 0.2) is 42.7 Å². The number of hydrogen-bond donors (Lipinski definition) is 1. The molecule has 0 saturated heterocycles. The molecule has 1 N–H and O–H groups in total. The minimum atomic E-state index is -0.681. The van der Waals surface area contributed by atoms with Gasteiger partial charge in [-0.15, -0.1) is 0 Å². The smallest absolute Gasteiger partial charge is 0.306 e. The lowest BCUT2D eigenvalue weighted by molar-refractivity contribution is -0.145. The minimum Gasteiger partial charge on any atom is -0.497 e. The van der Waals surface area contributed by atoms with E-state index < -0.39 is 5.97 Å². The molecule has 0 amide bonds. The Morgan fingerprint density at radius 2 is 2.06 bits per heavy atom. The maximum atomic E-state index is 10.6. The van der Waals surface area contributed by atoms with Gasteiger partial charge in [-0.05, 0) is 30.4 Å². The van der Waals surface area contributed by atoms with Gasteiger partial charge in [-0.25, -0.2) is 0 Å². The summed E-state index contributed by atoms with van der Waals surface area (Å²) in [5.74, 6) is -0.467. The van der Waals surface area contributed by atoms with Crippen molar-refractivity contribution >= 4 is 5.97 Å². The van der Waals surface area contributed by atoms with Crippen molar-refractivity contribution in [3.8, 4) is 0 Å². The van der Waals surface area contributed by atoms with E-state index in [-0.39, 0.29) is 5.92 Å². The van der Waals surface area contributed by atoms with Crippen LogP contribution < -0.4 is 0 Å². The van der Waals surface area contributed by atoms with Crippen molar-refractivity contribution in [1.29, 1.82) is 0 Å². The Kier molecular flexibility index (Phi) is 3.81. The topological polar surface area (TPSA) is 46.5 Å². The fourth-order valence-electron chi connectivity index (χ4n) is 1.91. The highest BCUT2D eigenvalue weighted by Gasteiger charge is 2.32. The summed E-state index contributed by atoms with van der Waals surface area (Å²) in [4.78, 5) is 10.6. The average Bonchev–Trinajstić information content (AvgIpc) is 2.27. The van der Waals surface area contributed by atoms with Gasteiger partial charge in [-0.1, -0.05) is 30.3 Å². The van der Waals surface area contributed by atoms with E-state index in [4.69, 9.17) is 9.84 Å². The molecule has 1 saturated carbocycles. The number of hydrogen-bond acceptors (Lipinski definition) is 2. The quantitative estimate of drug-likeness (QED) is 0.794. The molecule has 0 aliphatic heterocycles. The summed E-state index contributed by atoms with van der Waals surface area (Å²) in [7, 11) is 0. The molecule has 1 aliphatic carbocycles. The zero-order valence-corrected chi connectivity index (χ0v) is 9.58. The molecule has 90 valence electrons. The van der Waals surface area contributed by atoms with E-state index in [1.165, 1.54) is 0 Å². The van der Waals surface area contributed by atoms with Crippen LogP contribution in [-0.4, -0.2) is 11.1 Å². The largest absolute Gasteiger partial charge is 0.497 e. The summed E-state index contributed by atoms with van der Waals surface area (Å²) >= 11 is 0. The molecule has 0 spiro atoms. The van der Waals surface area contributed by atoms with Crippen molar-refractivity contribution < 1.29 is 14.6 Å². The van der Waals surface area contributed by atoms with Crippen LogP contribution in [0, 0.1) is 11.8 Å². The predicted octanol–water partition coefficient (Wildman–Crippen LogP) is 2.83. The lowest BCUT2D eigenvalue weighted by Gasteiger charge is -2.29. The Hall–Kier alpha value is -1.77. The Morgan fingerprint density at radius 3 is 2.71 bits per heavy atom. The van der Waals surface area contributed by atoms with Crippen LogP contribution in [0.2, 0.25) is 0 Å². The highest BCUT2D eigenvalue weighted by atomic mass is 16.5. The highest BCUT2D eigenvalue weighted by molar-refractivity contribution is 5.71. The van der Waals surface area contributed by atoms with Gasteiger partial charge >= 0.3 is 5.97 Å². The van der Waals surface area contributed by atoms with Gasteiger partial charge in [0.2, 0.25) is 0 Å². The Bertz CT molecular complexity index is 391. The van der Waals surface area contributed by atoms with Gasteiger partial charge < -0.3 is 9.84 Å². The van der Waals surface area contributed by atoms with E-state index in [9.17, 15) is 4.79 Å². The van der Waals surface area contributed by atoms with Crippen LogP contribution in [-0.2, 0) is 16.1 Å². The lowest BCUT2D eigenvalue weighted by atomic mass is 9.75. The summed E-state index contributed by atoms with van der Waals surface area (Å²) in [6, 6.07) is 9.95. The number of aliphatic carboxylic acids is 1. The van der Waals surface area contributed by atoms with E-state index in [2.05, 4.69) is 0 Å². The second-order valence-corrected chi connectivity index (χ2v) is 4.39. The van der Waals surface area contributed by atoms with Gasteiger partial charge in [-0.2, -0.15) is 0 Å². The van der Waals surface area contributed by atoms with Gasteiger partial charge in [0.05, 0.1) is 12.2 Å². The van der Waals surface area contributed by atoms with Crippen LogP contribution in [0.1, 0.15) is 18.4 Å². The fraction of sp³-hybridized carbons (Fsp3) is 0.357. The molecule has 3 heteroatoms. The summed E-state index contributed by atoms with van der Waals surface area (Å²) in [6.07, 6.45) is 5.12. The van der Waals surface area contributed by atoms with Crippen molar-refractivity contribution in [3.05, 3.63) is 48.2 Å². The van der Waals surface area contributed by atoms with Crippen molar-refractivity contribution in [2.24, 2.45) is 11.8 Å². The second kappa shape index (κ2) is 5.53. The maximum Gasteiger partial charge on any atom is 0.306 e. The Morgan fingerprint density at radius 1 is 1.35 bits per heavy atom. The molecule has 2 rings (SSSR count). The van der Waals surface area contributed by atoms with E-state index in [1.807, 2.05) is 36.4 Å². The molecule has 1 fully saturated rings. The van der Waals surface area contributed by atoms with Crippen LogP contribution in [0.4, 0.5) is 0 Å². The predicted molar refractivity (Wildman–Crippen MR) is 64.2 cm³/mol. The Balaban J connectivity index is 1.65. The summed E-state index contributed by atoms with van der Waals surface area (Å²) in [5, 5.41) is 8.72. The molecule has 17 heavy (non-hydrogen) atoms. The van der Waals surface area contributed by atoms with E-state index in [1.54, 1.807) is 6.26 Å². The van der Waals surface area contributed by atoms with Gasteiger partial charge in [0.1, 0.15) is 6.61 Å². The van der Waals surface area contributed by atoms with Crippen molar-refractivity contribution in [2.45, 2.75) is 19.4 Å². The molecule has 0 atom stereocenters. The number of carboxylic acids is 1. The van der Waals surface area contributed by atoms with Crippen LogP contribution >= 0.6 is 0 Å². The SMILES string of the molecule is O=C(O)[C@H]1C[C@H](/C=C/OCc2ccccc2)C1. The first kappa shape index (κ1) is 11.7. The molecular weight excluding hydrogens is 216 g/mol. The number of allylic oxidation sites excluding steroid dienone is 1. The first-order chi connectivity index (χ1) is 8.25. The lowest BCUT2D eigenvalue weighted by Crippen LogP contribution is -2.28. The summed E-state index contributed by atoms with van der Waals surface area (Å²) < 4.78 is 5.39. The number of ether oxygens (including phenoxy) is 1. The van der Waals surface area contributed by atoms with E-state index in [0.29, 0.717) is 12.5 Å². The van der Waals surface area contributed by atoms with Crippen molar-refractivity contribution in [1.82, 2.24) is 0 Å². The molecular formula is C14H16O3. The maximum absolute atomic E-state index is 10.6. The van der Waals surface area contributed by atoms with Gasteiger partial charge in [0, 0.05) is 0 Å². The third-order valence-corrected chi connectivity index (χ3v) is 3.06. The van der Waals surface area contributed by atoms with E-state index in [0.717, 1.165) is 18.4 Å². The third-order valence-electron chi connectivity index (χ3n) is 3.06. The van der Waals surface area contributed by atoms with Crippen LogP contribution in [0.3, 0.4) is 0 Å². The molecule has 1 aliphatic rings. The summed E-state index contributed by atoms with van der Waals surface area (Å²) in [6.45, 7) is 0.562. The molecule has 0 aromatic heterocycles. The number of benzene rings is 1. The van der Waals surface area contributed by atoms with Gasteiger partial charge in [-0.3, -0.25) is 4.79 Å². The standard InChI is InChI=1S/C14H16O3/c15-14(16)13-8-12(9-13)6-7-17-10-11-4-2-1-3-5-11/h1-7,12-13H,8-10H2,(H,15,16)/b7-6+/t12-,13-. The van der Waals surface area contributed by atoms with Gasteiger partial charge in [0.15, 0.2) is 0 Å². The molecule has 0 unspecified atom stereocenters. The zero-order chi connectivity index (χ0) is 12.1.